The molecule has 26 heavy (non-hydrogen) atoms. The fraction of sp³-hybridized carbons (Fsp3) is 0.118. The molecule has 0 fully saturated rings. The summed E-state index contributed by atoms with van der Waals surface area (Å²) in [7, 11) is -3.67. The highest BCUT2D eigenvalue weighted by Crippen LogP contribution is 2.23. The van der Waals surface area contributed by atoms with Crippen molar-refractivity contribution in [1.82, 2.24) is 0 Å². The number of nitrogen functional groups attached to an aromatic ring is 1. The molecule has 0 amide bonds. The van der Waals surface area contributed by atoms with Gasteiger partial charge >= 0.3 is 5.97 Å². The predicted octanol–water partition coefficient (Wildman–Crippen LogP) is 1.63. The number of benzene rings is 2. The van der Waals surface area contributed by atoms with Gasteiger partial charge in [0.15, 0.2) is 5.78 Å². The summed E-state index contributed by atoms with van der Waals surface area (Å²) < 4.78 is 30.9. The molecule has 0 spiro atoms. The van der Waals surface area contributed by atoms with Crippen LogP contribution in [0.4, 0.5) is 0 Å². The van der Waals surface area contributed by atoms with E-state index < -0.39 is 16.1 Å². The first kappa shape index (κ1) is 21.0. The lowest BCUT2D eigenvalue weighted by molar-refractivity contribution is -0.131. The van der Waals surface area contributed by atoms with E-state index in [2.05, 4.69) is 0 Å². The zero-order valence-corrected chi connectivity index (χ0v) is 14.9. The number of ketones is 1. The lowest BCUT2D eigenvalue weighted by Crippen LogP contribution is -2.14. The van der Waals surface area contributed by atoms with Gasteiger partial charge in [0.05, 0.1) is 11.8 Å². The summed E-state index contributed by atoms with van der Waals surface area (Å²) in [6.45, 7) is 1.26. The van der Waals surface area contributed by atoms with Crippen molar-refractivity contribution in [1.29, 1.82) is 5.41 Å². The summed E-state index contributed by atoms with van der Waals surface area (Å²) in [6.07, 6.45) is 0.715. The topological polar surface area (TPSA) is 148 Å². The second-order valence-corrected chi connectivity index (χ2v) is 6.61. The van der Waals surface area contributed by atoms with Crippen LogP contribution in [0.15, 0.2) is 48.5 Å². The normalized spacial score (nSPS) is 10.3. The minimum atomic E-state index is -3.67. The van der Waals surface area contributed by atoms with Crippen molar-refractivity contribution in [2.45, 2.75) is 6.92 Å². The largest absolute Gasteiger partial charge is 0.426 e. The van der Waals surface area contributed by atoms with Crippen LogP contribution >= 0.6 is 0 Å². The first-order valence-corrected chi connectivity index (χ1v) is 9.03. The fourth-order valence-corrected chi connectivity index (χ4v) is 1.86. The summed E-state index contributed by atoms with van der Waals surface area (Å²) in [6, 6.07) is 13.1. The third kappa shape index (κ3) is 7.24. The van der Waals surface area contributed by atoms with Gasteiger partial charge in [-0.25, -0.2) is 0 Å². The monoisotopic (exact) mass is 378 g/mol. The molecule has 0 aliphatic carbocycles. The number of carbonyl (C=O) groups excluding carboxylic acids is 2. The van der Waals surface area contributed by atoms with Crippen molar-refractivity contribution >= 4 is 27.7 Å². The van der Waals surface area contributed by atoms with Crippen LogP contribution in [0.2, 0.25) is 0 Å². The lowest BCUT2D eigenvalue weighted by Gasteiger charge is -2.10. The van der Waals surface area contributed by atoms with E-state index in [9.17, 15) is 18.0 Å². The average Bonchev–Trinajstić information content (AvgIpc) is 2.53. The van der Waals surface area contributed by atoms with E-state index in [4.69, 9.17) is 20.4 Å². The van der Waals surface area contributed by atoms with Gasteiger partial charge in [-0.3, -0.25) is 19.6 Å². The van der Waals surface area contributed by atoms with Gasteiger partial charge in [0.1, 0.15) is 11.6 Å². The molecule has 9 heteroatoms. The molecule has 0 bridgehead atoms. The molecule has 2 rings (SSSR count). The zero-order valence-electron chi connectivity index (χ0n) is 14.1. The molecule has 0 heterocycles. The zero-order chi connectivity index (χ0) is 19.9. The number of rotatable bonds is 4. The maximum absolute atomic E-state index is 12.5. The number of nitrogens with one attached hydrogen (secondary N) is 1. The molecule has 138 valence electrons. The highest BCUT2D eigenvalue weighted by Gasteiger charge is 2.17. The number of nitrogens with two attached hydrogens (primary N) is 1. The Morgan fingerprint density at radius 3 is 2.08 bits per heavy atom. The lowest BCUT2D eigenvalue weighted by atomic mass is 10.00. The summed E-state index contributed by atoms with van der Waals surface area (Å²) in [5.74, 6) is -0.824. The van der Waals surface area contributed by atoms with Crippen molar-refractivity contribution in [3.05, 3.63) is 65.2 Å². The molecular formula is C17H18N2O6S. The van der Waals surface area contributed by atoms with Gasteiger partial charge in [0.25, 0.3) is 10.1 Å². The molecule has 2 aromatic rings. The molecule has 0 aromatic heterocycles. The van der Waals surface area contributed by atoms with Gasteiger partial charge in [-0.15, -0.1) is 0 Å². The molecule has 0 unspecified atom stereocenters. The second kappa shape index (κ2) is 8.88. The Morgan fingerprint density at radius 2 is 1.62 bits per heavy atom. The molecular weight excluding hydrogens is 360 g/mol. The Hall–Kier alpha value is -3.04. The molecule has 0 saturated carbocycles. The van der Waals surface area contributed by atoms with E-state index in [-0.39, 0.29) is 22.9 Å². The minimum Gasteiger partial charge on any atom is -0.426 e. The van der Waals surface area contributed by atoms with Crippen LogP contribution in [0.5, 0.6) is 5.75 Å². The van der Waals surface area contributed by atoms with E-state index in [1.54, 1.807) is 30.3 Å². The number of hydrogen-bond donors (Lipinski definition) is 3. The Bertz CT molecular complexity index is 916. The molecule has 0 aliphatic heterocycles. The van der Waals surface area contributed by atoms with Crippen LogP contribution in [0, 0.1) is 5.41 Å². The summed E-state index contributed by atoms with van der Waals surface area (Å²) in [5.41, 5.74) is 6.49. The Labute approximate surface area is 150 Å². The Morgan fingerprint density at radius 1 is 1.08 bits per heavy atom. The van der Waals surface area contributed by atoms with Gasteiger partial charge in [0, 0.05) is 18.1 Å². The molecule has 0 aliphatic rings. The quantitative estimate of drug-likeness (QED) is 0.183. The van der Waals surface area contributed by atoms with Crippen molar-refractivity contribution in [2.75, 3.05) is 6.26 Å². The third-order valence-corrected chi connectivity index (χ3v) is 2.82. The Kier molecular flexibility index (Phi) is 7.17. The predicted molar refractivity (Wildman–Crippen MR) is 96.1 cm³/mol. The maximum atomic E-state index is 12.5. The van der Waals surface area contributed by atoms with Gasteiger partial charge in [-0.2, -0.15) is 8.42 Å². The van der Waals surface area contributed by atoms with Gasteiger partial charge < -0.3 is 10.5 Å². The van der Waals surface area contributed by atoms with Crippen LogP contribution < -0.4 is 10.5 Å². The maximum Gasteiger partial charge on any atom is 0.308 e. The van der Waals surface area contributed by atoms with E-state index >= 15 is 0 Å². The van der Waals surface area contributed by atoms with Gasteiger partial charge in [-0.05, 0) is 18.2 Å². The summed E-state index contributed by atoms with van der Waals surface area (Å²) >= 11 is 0. The molecule has 8 nitrogen and oxygen atoms in total. The van der Waals surface area contributed by atoms with Crippen LogP contribution in [-0.4, -0.2) is 36.8 Å². The van der Waals surface area contributed by atoms with Crippen LogP contribution in [0.3, 0.4) is 0 Å². The SMILES string of the molecule is CC(=O)Oc1ccc(C(=N)N)cc1C(=O)c1ccccc1.CS(=O)(=O)O. The molecule has 0 radical (unpaired) electrons. The highest BCUT2D eigenvalue weighted by molar-refractivity contribution is 7.85. The second-order valence-electron chi connectivity index (χ2n) is 5.15. The standard InChI is InChI=1S/C16H14N2O3.CH4O3S/c1-10(19)21-14-8-7-12(16(17)18)9-13(14)15(20)11-5-3-2-4-6-11;1-5(2,3)4/h2-9H,1H3,(H3,17,18);1H3,(H,2,3,4). The first-order chi connectivity index (χ1) is 12.0. The molecule has 2 aromatic carbocycles. The average molecular weight is 378 g/mol. The fourth-order valence-electron chi connectivity index (χ4n) is 1.86. The molecule has 0 saturated heterocycles. The summed E-state index contributed by atoms with van der Waals surface area (Å²) in [4.78, 5) is 23.7. The Balaban J connectivity index is 0.000000597. The van der Waals surface area contributed by atoms with Crippen molar-refractivity contribution < 1.29 is 27.3 Å². The number of amidine groups is 1. The minimum absolute atomic E-state index is 0.154. The highest BCUT2D eigenvalue weighted by atomic mass is 32.2. The third-order valence-electron chi connectivity index (χ3n) is 2.82. The summed E-state index contributed by atoms with van der Waals surface area (Å²) in [5, 5.41) is 7.45. The smallest absolute Gasteiger partial charge is 0.308 e. The van der Waals surface area contributed by atoms with E-state index in [1.807, 2.05) is 0 Å². The van der Waals surface area contributed by atoms with Crippen molar-refractivity contribution in [3.63, 3.8) is 0 Å². The van der Waals surface area contributed by atoms with E-state index in [0.717, 1.165) is 0 Å². The molecule has 4 N–H and O–H groups in total. The first-order valence-electron chi connectivity index (χ1n) is 7.18. The number of ether oxygens (including phenoxy) is 1. The van der Waals surface area contributed by atoms with Crippen LogP contribution in [0.1, 0.15) is 28.4 Å². The van der Waals surface area contributed by atoms with Crippen molar-refractivity contribution in [2.24, 2.45) is 5.73 Å². The van der Waals surface area contributed by atoms with Gasteiger partial charge in [0.2, 0.25) is 0 Å². The number of carbonyl (C=O) groups is 2. The number of esters is 1. The van der Waals surface area contributed by atoms with Crippen LogP contribution in [0.25, 0.3) is 0 Å². The van der Waals surface area contributed by atoms with Gasteiger partial charge in [-0.1, -0.05) is 30.3 Å². The number of hydrogen-bond acceptors (Lipinski definition) is 6. The van der Waals surface area contributed by atoms with E-state index in [1.165, 1.54) is 25.1 Å². The van der Waals surface area contributed by atoms with E-state index in [0.29, 0.717) is 17.4 Å². The van der Waals surface area contributed by atoms with Crippen molar-refractivity contribution in [3.8, 4) is 5.75 Å². The molecule has 0 atom stereocenters. The van der Waals surface area contributed by atoms with Crippen LogP contribution in [-0.2, 0) is 14.9 Å².